The summed E-state index contributed by atoms with van der Waals surface area (Å²) in [4.78, 5) is 14.1. The van der Waals surface area contributed by atoms with Crippen LogP contribution >= 0.6 is 12.4 Å². The topological polar surface area (TPSA) is 50.8 Å². The molecule has 1 saturated heterocycles. The van der Waals surface area contributed by atoms with Crippen LogP contribution < -0.4 is 14.8 Å². The third-order valence-electron chi connectivity index (χ3n) is 4.05. The molecular weight excluding hydrogens is 316 g/mol. The standard InChI is InChI=1S/C17H26N2O3.ClH/c1-3-18-12-14-7-9-19(10-8-14)17(20)13-22-16-6-4-5-15(11-16)21-2;/h4-6,11,14,18H,3,7-10,12-13H2,1-2H3;1H. The summed E-state index contributed by atoms with van der Waals surface area (Å²) in [7, 11) is 1.61. The molecule has 1 N–H and O–H groups in total. The molecule has 23 heavy (non-hydrogen) atoms. The fourth-order valence-electron chi connectivity index (χ4n) is 2.66. The van der Waals surface area contributed by atoms with Crippen LogP contribution in [0.5, 0.6) is 11.5 Å². The van der Waals surface area contributed by atoms with Crippen LogP contribution in [0, 0.1) is 5.92 Å². The zero-order valence-corrected chi connectivity index (χ0v) is 14.7. The molecule has 5 nitrogen and oxygen atoms in total. The highest BCUT2D eigenvalue weighted by atomic mass is 35.5. The van der Waals surface area contributed by atoms with Gasteiger partial charge < -0.3 is 19.7 Å². The lowest BCUT2D eigenvalue weighted by Gasteiger charge is -2.32. The molecule has 1 aromatic rings. The molecule has 0 aliphatic carbocycles. The Morgan fingerprint density at radius 1 is 1.30 bits per heavy atom. The Balaban J connectivity index is 0.00000264. The van der Waals surface area contributed by atoms with E-state index in [1.165, 1.54) is 0 Å². The molecule has 1 fully saturated rings. The fraction of sp³-hybridized carbons (Fsp3) is 0.588. The number of ether oxygens (including phenoxy) is 2. The second-order valence-corrected chi connectivity index (χ2v) is 5.60. The highest BCUT2D eigenvalue weighted by Gasteiger charge is 2.22. The number of likely N-dealkylation sites (tertiary alicyclic amines) is 1. The van der Waals surface area contributed by atoms with E-state index < -0.39 is 0 Å². The van der Waals surface area contributed by atoms with Crippen LogP contribution in [-0.2, 0) is 4.79 Å². The minimum Gasteiger partial charge on any atom is -0.497 e. The largest absolute Gasteiger partial charge is 0.497 e. The second kappa shape index (κ2) is 10.3. The van der Waals surface area contributed by atoms with E-state index in [0.29, 0.717) is 11.7 Å². The van der Waals surface area contributed by atoms with Gasteiger partial charge in [-0.3, -0.25) is 4.79 Å². The van der Waals surface area contributed by atoms with Gasteiger partial charge in [0.2, 0.25) is 0 Å². The number of hydrogen-bond acceptors (Lipinski definition) is 4. The van der Waals surface area contributed by atoms with Crippen LogP contribution in [-0.4, -0.2) is 50.7 Å². The first-order chi connectivity index (χ1) is 10.7. The zero-order valence-electron chi connectivity index (χ0n) is 13.9. The first kappa shape index (κ1) is 19.6. The van der Waals surface area contributed by atoms with Crippen molar-refractivity contribution < 1.29 is 14.3 Å². The van der Waals surface area contributed by atoms with Gasteiger partial charge in [-0.05, 0) is 44.0 Å². The van der Waals surface area contributed by atoms with Gasteiger partial charge in [0, 0.05) is 19.2 Å². The van der Waals surface area contributed by atoms with Crippen molar-refractivity contribution in [2.75, 3.05) is 39.9 Å². The number of hydrogen-bond donors (Lipinski definition) is 1. The number of nitrogens with one attached hydrogen (secondary N) is 1. The average Bonchev–Trinajstić information content (AvgIpc) is 2.58. The van der Waals surface area contributed by atoms with Crippen LogP contribution in [0.15, 0.2) is 24.3 Å². The Bertz CT molecular complexity index is 477. The highest BCUT2D eigenvalue weighted by molar-refractivity contribution is 5.85. The van der Waals surface area contributed by atoms with Crippen molar-refractivity contribution in [3.8, 4) is 11.5 Å². The van der Waals surface area contributed by atoms with Crippen molar-refractivity contribution in [3.63, 3.8) is 0 Å². The lowest BCUT2D eigenvalue weighted by molar-refractivity contribution is -0.134. The van der Waals surface area contributed by atoms with Gasteiger partial charge in [0.05, 0.1) is 7.11 Å². The number of halogens is 1. The first-order valence-corrected chi connectivity index (χ1v) is 7.98. The van der Waals surface area contributed by atoms with Crippen molar-refractivity contribution >= 4 is 18.3 Å². The molecule has 0 unspecified atom stereocenters. The van der Waals surface area contributed by atoms with Gasteiger partial charge in [-0.25, -0.2) is 0 Å². The molecule has 2 rings (SSSR count). The Labute approximate surface area is 144 Å². The lowest BCUT2D eigenvalue weighted by Crippen LogP contribution is -2.42. The summed E-state index contributed by atoms with van der Waals surface area (Å²) >= 11 is 0. The Morgan fingerprint density at radius 2 is 2.00 bits per heavy atom. The van der Waals surface area contributed by atoms with Crippen LogP contribution in [0.25, 0.3) is 0 Å². The molecule has 1 aromatic carbocycles. The molecule has 6 heteroatoms. The number of rotatable bonds is 7. The Morgan fingerprint density at radius 3 is 2.65 bits per heavy atom. The quantitative estimate of drug-likeness (QED) is 0.826. The summed E-state index contributed by atoms with van der Waals surface area (Å²) in [6, 6.07) is 7.32. The highest BCUT2D eigenvalue weighted by Crippen LogP contribution is 2.20. The van der Waals surface area contributed by atoms with E-state index in [1.54, 1.807) is 13.2 Å². The monoisotopic (exact) mass is 342 g/mol. The summed E-state index contributed by atoms with van der Waals surface area (Å²) in [6.45, 7) is 5.93. The van der Waals surface area contributed by atoms with Crippen molar-refractivity contribution in [1.29, 1.82) is 0 Å². The van der Waals surface area contributed by atoms with E-state index in [2.05, 4.69) is 12.2 Å². The minimum atomic E-state index is 0. The van der Waals surface area contributed by atoms with Gasteiger partial charge in [-0.1, -0.05) is 13.0 Å². The number of carbonyl (C=O) groups is 1. The minimum absolute atomic E-state index is 0. The number of carbonyl (C=O) groups excluding carboxylic acids is 1. The van der Waals surface area contributed by atoms with Gasteiger partial charge in [0.15, 0.2) is 6.61 Å². The summed E-state index contributed by atoms with van der Waals surface area (Å²) in [5.74, 6) is 2.14. The summed E-state index contributed by atoms with van der Waals surface area (Å²) in [6.07, 6.45) is 2.13. The van der Waals surface area contributed by atoms with E-state index >= 15 is 0 Å². The molecule has 1 aliphatic heterocycles. The van der Waals surface area contributed by atoms with Crippen LogP contribution in [0.1, 0.15) is 19.8 Å². The smallest absolute Gasteiger partial charge is 0.260 e. The predicted octanol–water partition coefficient (Wildman–Crippen LogP) is 2.34. The van der Waals surface area contributed by atoms with Gasteiger partial charge in [-0.15, -0.1) is 12.4 Å². The lowest BCUT2D eigenvalue weighted by atomic mass is 9.97. The second-order valence-electron chi connectivity index (χ2n) is 5.60. The van der Waals surface area contributed by atoms with Gasteiger partial charge >= 0.3 is 0 Å². The van der Waals surface area contributed by atoms with E-state index in [9.17, 15) is 4.79 Å². The van der Waals surface area contributed by atoms with Gasteiger partial charge in [0.1, 0.15) is 11.5 Å². The maximum absolute atomic E-state index is 12.2. The van der Waals surface area contributed by atoms with E-state index in [4.69, 9.17) is 9.47 Å². The van der Waals surface area contributed by atoms with E-state index in [-0.39, 0.29) is 24.9 Å². The molecular formula is C17H27ClN2O3. The number of amides is 1. The molecule has 0 bridgehead atoms. The predicted molar refractivity (Wildman–Crippen MR) is 93.6 cm³/mol. The molecule has 1 amide bonds. The summed E-state index contributed by atoms with van der Waals surface area (Å²) < 4.78 is 10.7. The zero-order chi connectivity index (χ0) is 15.8. The molecule has 1 heterocycles. The normalized spacial score (nSPS) is 15.0. The third-order valence-corrected chi connectivity index (χ3v) is 4.05. The molecule has 0 spiro atoms. The molecule has 0 saturated carbocycles. The Kier molecular flexibility index (Phi) is 8.81. The molecule has 0 atom stereocenters. The van der Waals surface area contributed by atoms with Crippen molar-refractivity contribution in [2.24, 2.45) is 5.92 Å². The summed E-state index contributed by atoms with van der Waals surface area (Å²) in [5, 5.41) is 3.38. The van der Waals surface area contributed by atoms with E-state index in [1.807, 2.05) is 23.1 Å². The Hall–Kier alpha value is -1.46. The number of methoxy groups -OCH3 is 1. The van der Waals surface area contributed by atoms with Crippen molar-refractivity contribution in [3.05, 3.63) is 24.3 Å². The van der Waals surface area contributed by atoms with Crippen LogP contribution in [0.3, 0.4) is 0 Å². The van der Waals surface area contributed by atoms with Crippen molar-refractivity contribution in [1.82, 2.24) is 10.2 Å². The van der Waals surface area contributed by atoms with Gasteiger partial charge in [-0.2, -0.15) is 0 Å². The molecule has 0 aromatic heterocycles. The molecule has 1 aliphatic rings. The molecule has 130 valence electrons. The maximum Gasteiger partial charge on any atom is 0.260 e. The number of benzene rings is 1. The van der Waals surface area contributed by atoms with Crippen LogP contribution in [0.2, 0.25) is 0 Å². The molecule has 0 radical (unpaired) electrons. The third kappa shape index (κ3) is 6.28. The van der Waals surface area contributed by atoms with Gasteiger partial charge in [0.25, 0.3) is 5.91 Å². The summed E-state index contributed by atoms with van der Waals surface area (Å²) in [5.41, 5.74) is 0. The van der Waals surface area contributed by atoms with E-state index in [0.717, 1.165) is 44.8 Å². The average molecular weight is 343 g/mol. The number of piperidine rings is 1. The number of nitrogens with zero attached hydrogens (tertiary/aromatic N) is 1. The first-order valence-electron chi connectivity index (χ1n) is 7.98. The SMILES string of the molecule is CCNCC1CCN(C(=O)COc2cccc(OC)c2)CC1.Cl. The van der Waals surface area contributed by atoms with Crippen molar-refractivity contribution in [2.45, 2.75) is 19.8 Å². The fourth-order valence-corrected chi connectivity index (χ4v) is 2.66. The maximum atomic E-state index is 12.2. The van der Waals surface area contributed by atoms with Crippen LogP contribution in [0.4, 0.5) is 0 Å².